The summed E-state index contributed by atoms with van der Waals surface area (Å²) in [7, 11) is 0. The second-order valence-electron chi connectivity index (χ2n) is 3.87. The minimum absolute atomic E-state index is 0.159. The fraction of sp³-hybridized carbons (Fsp3) is 0.455. The summed E-state index contributed by atoms with van der Waals surface area (Å²) in [6, 6.07) is 6.31. The molecule has 2 heteroatoms. The molecule has 0 fully saturated rings. The van der Waals surface area contributed by atoms with Crippen molar-refractivity contribution in [1.82, 2.24) is 0 Å². The molecule has 1 N–H and O–H groups in total. The minimum Gasteiger partial charge on any atom is -0.392 e. The first kappa shape index (κ1) is 9.22. The number of hydrogen-bond donors (Lipinski definition) is 1. The zero-order valence-electron chi connectivity index (χ0n) is 7.63. The summed E-state index contributed by atoms with van der Waals surface area (Å²) in [5, 5.41) is 9.68. The van der Waals surface area contributed by atoms with E-state index in [4.69, 9.17) is 0 Å². The van der Waals surface area contributed by atoms with Crippen molar-refractivity contribution in [2.24, 2.45) is 5.92 Å². The standard InChI is InChI=1S/C11H13BrO/c1-7-4-9-5-10(12)3-2-8(9)6-11(7)13/h2-3,5,7,11,13H,4,6H2,1H3/t7-,11-/m0/s1. The van der Waals surface area contributed by atoms with E-state index in [1.54, 1.807) is 0 Å². The summed E-state index contributed by atoms with van der Waals surface area (Å²) >= 11 is 3.46. The van der Waals surface area contributed by atoms with Crippen LogP contribution in [0.1, 0.15) is 18.1 Å². The predicted octanol–water partition coefficient (Wildman–Crippen LogP) is 2.54. The van der Waals surface area contributed by atoms with E-state index in [2.05, 4.69) is 35.0 Å². The Kier molecular flexibility index (Phi) is 2.43. The second-order valence-corrected chi connectivity index (χ2v) is 4.78. The third-order valence-corrected chi connectivity index (χ3v) is 3.29. The van der Waals surface area contributed by atoms with Gasteiger partial charge in [0.2, 0.25) is 0 Å². The third kappa shape index (κ3) is 1.79. The van der Waals surface area contributed by atoms with Gasteiger partial charge in [0, 0.05) is 4.47 Å². The van der Waals surface area contributed by atoms with Gasteiger partial charge in [-0.15, -0.1) is 0 Å². The molecule has 0 saturated carbocycles. The van der Waals surface area contributed by atoms with E-state index in [0.717, 1.165) is 17.3 Å². The van der Waals surface area contributed by atoms with Crippen molar-refractivity contribution >= 4 is 15.9 Å². The van der Waals surface area contributed by atoms with Gasteiger partial charge in [-0.25, -0.2) is 0 Å². The molecule has 0 bridgehead atoms. The highest BCUT2D eigenvalue weighted by Crippen LogP contribution is 2.27. The van der Waals surface area contributed by atoms with Crippen molar-refractivity contribution in [3.63, 3.8) is 0 Å². The fourth-order valence-corrected chi connectivity index (χ4v) is 2.30. The molecule has 0 spiro atoms. The van der Waals surface area contributed by atoms with E-state index in [1.165, 1.54) is 11.1 Å². The van der Waals surface area contributed by atoms with Gasteiger partial charge < -0.3 is 5.11 Å². The Morgan fingerprint density at radius 3 is 2.85 bits per heavy atom. The molecule has 0 aliphatic heterocycles. The first-order chi connectivity index (χ1) is 6.16. The van der Waals surface area contributed by atoms with Crippen molar-refractivity contribution in [2.45, 2.75) is 25.9 Å². The SMILES string of the molecule is C[C@H]1Cc2cc(Br)ccc2C[C@@H]1O. The van der Waals surface area contributed by atoms with Crippen molar-refractivity contribution in [2.75, 3.05) is 0 Å². The van der Waals surface area contributed by atoms with Crippen LogP contribution in [0.15, 0.2) is 22.7 Å². The summed E-state index contributed by atoms with van der Waals surface area (Å²) in [4.78, 5) is 0. The van der Waals surface area contributed by atoms with E-state index in [1.807, 2.05) is 6.07 Å². The van der Waals surface area contributed by atoms with Crippen LogP contribution < -0.4 is 0 Å². The first-order valence-electron chi connectivity index (χ1n) is 4.62. The second kappa shape index (κ2) is 3.43. The lowest BCUT2D eigenvalue weighted by Crippen LogP contribution is -2.27. The van der Waals surface area contributed by atoms with E-state index in [9.17, 15) is 5.11 Å². The molecule has 0 amide bonds. The minimum atomic E-state index is -0.159. The summed E-state index contributed by atoms with van der Waals surface area (Å²) in [5.74, 6) is 0.391. The van der Waals surface area contributed by atoms with Gasteiger partial charge in [0.25, 0.3) is 0 Å². The number of aliphatic hydroxyl groups is 1. The Labute approximate surface area is 86.9 Å². The highest BCUT2D eigenvalue weighted by Gasteiger charge is 2.22. The highest BCUT2D eigenvalue weighted by atomic mass is 79.9. The monoisotopic (exact) mass is 240 g/mol. The third-order valence-electron chi connectivity index (χ3n) is 2.80. The van der Waals surface area contributed by atoms with Crippen LogP contribution >= 0.6 is 15.9 Å². The molecular formula is C11H13BrO. The van der Waals surface area contributed by atoms with Crippen molar-refractivity contribution in [3.8, 4) is 0 Å². The van der Waals surface area contributed by atoms with Gasteiger partial charge >= 0.3 is 0 Å². The van der Waals surface area contributed by atoms with Crippen molar-refractivity contribution in [3.05, 3.63) is 33.8 Å². The van der Waals surface area contributed by atoms with E-state index in [0.29, 0.717) is 5.92 Å². The van der Waals surface area contributed by atoms with Crippen LogP contribution in [-0.4, -0.2) is 11.2 Å². The lowest BCUT2D eigenvalue weighted by molar-refractivity contribution is 0.109. The molecule has 2 atom stereocenters. The number of fused-ring (bicyclic) bond motifs is 1. The molecular weight excluding hydrogens is 228 g/mol. The normalized spacial score (nSPS) is 27.0. The molecule has 0 heterocycles. The van der Waals surface area contributed by atoms with Gasteiger partial charge in [-0.2, -0.15) is 0 Å². The zero-order valence-corrected chi connectivity index (χ0v) is 9.21. The predicted molar refractivity (Wildman–Crippen MR) is 56.7 cm³/mol. The number of halogens is 1. The molecule has 0 radical (unpaired) electrons. The zero-order chi connectivity index (χ0) is 9.42. The van der Waals surface area contributed by atoms with E-state index < -0.39 is 0 Å². The Morgan fingerprint density at radius 1 is 1.31 bits per heavy atom. The molecule has 1 aliphatic carbocycles. The summed E-state index contributed by atoms with van der Waals surface area (Å²) in [5.41, 5.74) is 2.68. The molecule has 1 aliphatic rings. The van der Waals surface area contributed by atoms with Gasteiger partial charge in [0.1, 0.15) is 0 Å². The molecule has 0 aromatic heterocycles. The van der Waals surface area contributed by atoms with E-state index >= 15 is 0 Å². The van der Waals surface area contributed by atoms with Gasteiger partial charge in [-0.3, -0.25) is 0 Å². The van der Waals surface area contributed by atoms with Crippen LogP contribution in [0.25, 0.3) is 0 Å². The Morgan fingerprint density at radius 2 is 2.08 bits per heavy atom. The summed E-state index contributed by atoms with van der Waals surface area (Å²) in [6.07, 6.45) is 1.65. The van der Waals surface area contributed by atoms with Crippen LogP contribution in [0.3, 0.4) is 0 Å². The summed E-state index contributed by atoms with van der Waals surface area (Å²) in [6.45, 7) is 2.11. The average Bonchev–Trinajstić information content (AvgIpc) is 2.08. The maximum atomic E-state index is 9.68. The smallest absolute Gasteiger partial charge is 0.0609 e. The van der Waals surface area contributed by atoms with E-state index in [-0.39, 0.29) is 6.10 Å². The van der Waals surface area contributed by atoms with Gasteiger partial charge in [0.05, 0.1) is 6.10 Å². The molecule has 0 unspecified atom stereocenters. The van der Waals surface area contributed by atoms with Crippen LogP contribution in [0.2, 0.25) is 0 Å². The molecule has 13 heavy (non-hydrogen) atoms. The highest BCUT2D eigenvalue weighted by molar-refractivity contribution is 9.10. The average molecular weight is 241 g/mol. The van der Waals surface area contributed by atoms with Crippen LogP contribution in [0.4, 0.5) is 0 Å². The van der Waals surface area contributed by atoms with Gasteiger partial charge in [-0.1, -0.05) is 28.9 Å². The quantitative estimate of drug-likeness (QED) is 0.740. The van der Waals surface area contributed by atoms with Crippen molar-refractivity contribution < 1.29 is 5.11 Å². The number of rotatable bonds is 0. The Balaban J connectivity index is 2.37. The summed E-state index contributed by atoms with van der Waals surface area (Å²) < 4.78 is 1.13. The fourth-order valence-electron chi connectivity index (χ4n) is 1.89. The van der Waals surface area contributed by atoms with Gasteiger partial charge in [0.15, 0.2) is 0 Å². The first-order valence-corrected chi connectivity index (χ1v) is 5.41. The maximum Gasteiger partial charge on any atom is 0.0609 e. The number of benzene rings is 1. The molecule has 1 nitrogen and oxygen atoms in total. The topological polar surface area (TPSA) is 20.2 Å². The molecule has 70 valence electrons. The Bertz CT molecular complexity index is 322. The molecule has 1 aromatic carbocycles. The largest absolute Gasteiger partial charge is 0.392 e. The number of aliphatic hydroxyl groups excluding tert-OH is 1. The molecule has 1 aromatic rings. The lowest BCUT2D eigenvalue weighted by atomic mass is 9.83. The Hall–Kier alpha value is -0.340. The molecule has 2 rings (SSSR count). The lowest BCUT2D eigenvalue weighted by Gasteiger charge is -2.26. The van der Waals surface area contributed by atoms with Gasteiger partial charge in [-0.05, 0) is 42.0 Å². The van der Waals surface area contributed by atoms with Crippen LogP contribution in [0, 0.1) is 5.92 Å². The van der Waals surface area contributed by atoms with Crippen molar-refractivity contribution in [1.29, 1.82) is 0 Å². The maximum absolute atomic E-state index is 9.68. The van der Waals surface area contributed by atoms with Crippen LogP contribution in [-0.2, 0) is 12.8 Å². The molecule has 0 saturated heterocycles. The number of hydrogen-bond acceptors (Lipinski definition) is 1. The van der Waals surface area contributed by atoms with Crippen LogP contribution in [0.5, 0.6) is 0 Å².